The Kier molecular flexibility index (Phi) is 3.48. The van der Waals surface area contributed by atoms with E-state index >= 15 is 0 Å². The van der Waals surface area contributed by atoms with Crippen molar-refractivity contribution < 1.29 is 9.53 Å². The summed E-state index contributed by atoms with van der Waals surface area (Å²) in [7, 11) is 1.64. The van der Waals surface area contributed by atoms with Crippen molar-refractivity contribution in [3.63, 3.8) is 0 Å². The molecular formula is C14H19NO2. The lowest BCUT2D eigenvalue weighted by molar-refractivity contribution is 0.0907. The molecule has 0 spiro atoms. The summed E-state index contributed by atoms with van der Waals surface area (Å²) >= 11 is 0. The summed E-state index contributed by atoms with van der Waals surface area (Å²) in [6.45, 7) is 5.82. The van der Waals surface area contributed by atoms with E-state index in [2.05, 4.69) is 12.2 Å². The first-order chi connectivity index (χ1) is 8.13. The van der Waals surface area contributed by atoms with Gasteiger partial charge in [0.15, 0.2) is 5.78 Å². The van der Waals surface area contributed by atoms with Gasteiger partial charge in [-0.1, -0.05) is 6.92 Å². The number of nitrogens with one attached hydrogen (secondary N) is 1. The SMILES string of the molecule is COc1ccc(C(=O)C2CNCC2C)c(C)c1. The molecule has 1 fully saturated rings. The number of carbonyl (C=O) groups excluding carboxylic acids is 1. The van der Waals surface area contributed by atoms with Gasteiger partial charge in [0.2, 0.25) is 0 Å². The predicted molar refractivity (Wildman–Crippen MR) is 67.6 cm³/mol. The Labute approximate surface area is 102 Å². The van der Waals surface area contributed by atoms with Crippen LogP contribution in [0.1, 0.15) is 22.8 Å². The fourth-order valence-corrected chi connectivity index (χ4v) is 2.40. The zero-order valence-electron chi connectivity index (χ0n) is 10.6. The quantitative estimate of drug-likeness (QED) is 0.812. The zero-order valence-corrected chi connectivity index (χ0v) is 10.6. The minimum Gasteiger partial charge on any atom is -0.497 e. The molecule has 1 aromatic carbocycles. The van der Waals surface area contributed by atoms with E-state index in [1.54, 1.807) is 7.11 Å². The van der Waals surface area contributed by atoms with Crippen LogP contribution in [0.4, 0.5) is 0 Å². The fourth-order valence-electron chi connectivity index (χ4n) is 2.40. The molecule has 0 saturated carbocycles. The van der Waals surface area contributed by atoms with Gasteiger partial charge in [-0.2, -0.15) is 0 Å². The summed E-state index contributed by atoms with van der Waals surface area (Å²) in [6, 6.07) is 5.65. The first-order valence-electron chi connectivity index (χ1n) is 6.03. The van der Waals surface area contributed by atoms with Crippen LogP contribution in [0, 0.1) is 18.8 Å². The molecule has 1 heterocycles. The number of aryl methyl sites for hydroxylation is 1. The number of hydrogen-bond donors (Lipinski definition) is 1. The van der Waals surface area contributed by atoms with Crippen molar-refractivity contribution in [3.8, 4) is 5.75 Å². The van der Waals surface area contributed by atoms with Gasteiger partial charge in [0.1, 0.15) is 5.75 Å². The molecule has 0 radical (unpaired) electrons. The summed E-state index contributed by atoms with van der Waals surface area (Å²) in [5, 5.41) is 3.27. The van der Waals surface area contributed by atoms with Gasteiger partial charge >= 0.3 is 0 Å². The predicted octanol–water partition coefficient (Wildman–Crippen LogP) is 2.04. The molecule has 1 N–H and O–H groups in total. The van der Waals surface area contributed by atoms with Gasteiger partial charge < -0.3 is 10.1 Å². The van der Waals surface area contributed by atoms with Crippen LogP contribution in [0.2, 0.25) is 0 Å². The minimum absolute atomic E-state index is 0.113. The third kappa shape index (κ3) is 2.34. The van der Waals surface area contributed by atoms with E-state index in [1.807, 2.05) is 25.1 Å². The van der Waals surface area contributed by atoms with Gasteiger partial charge in [-0.25, -0.2) is 0 Å². The van der Waals surface area contributed by atoms with Gasteiger partial charge in [0.25, 0.3) is 0 Å². The molecule has 2 atom stereocenters. The molecule has 0 aromatic heterocycles. The fraction of sp³-hybridized carbons (Fsp3) is 0.500. The Hall–Kier alpha value is -1.35. The molecule has 1 aromatic rings. The van der Waals surface area contributed by atoms with E-state index < -0.39 is 0 Å². The average Bonchev–Trinajstić information content (AvgIpc) is 2.74. The molecule has 17 heavy (non-hydrogen) atoms. The van der Waals surface area contributed by atoms with Gasteiger partial charge in [0, 0.05) is 18.0 Å². The number of hydrogen-bond acceptors (Lipinski definition) is 3. The monoisotopic (exact) mass is 233 g/mol. The molecule has 2 rings (SSSR count). The van der Waals surface area contributed by atoms with Crippen LogP contribution in [0.25, 0.3) is 0 Å². The minimum atomic E-state index is 0.113. The van der Waals surface area contributed by atoms with Gasteiger partial charge in [-0.05, 0) is 43.1 Å². The van der Waals surface area contributed by atoms with E-state index in [0.29, 0.717) is 5.92 Å². The first-order valence-corrected chi connectivity index (χ1v) is 6.03. The van der Waals surface area contributed by atoms with E-state index in [0.717, 1.165) is 30.0 Å². The maximum absolute atomic E-state index is 12.4. The van der Waals surface area contributed by atoms with E-state index in [1.165, 1.54) is 0 Å². The van der Waals surface area contributed by atoms with Gasteiger partial charge in [-0.3, -0.25) is 4.79 Å². The highest BCUT2D eigenvalue weighted by Crippen LogP contribution is 2.24. The molecule has 3 nitrogen and oxygen atoms in total. The number of rotatable bonds is 3. The third-order valence-electron chi connectivity index (χ3n) is 3.55. The second kappa shape index (κ2) is 4.88. The summed E-state index contributed by atoms with van der Waals surface area (Å²) in [4.78, 5) is 12.4. The second-order valence-electron chi connectivity index (χ2n) is 4.79. The first kappa shape index (κ1) is 12.1. The van der Waals surface area contributed by atoms with Crippen molar-refractivity contribution >= 4 is 5.78 Å². The summed E-state index contributed by atoms with van der Waals surface area (Å²) < 4.78 is 5.15. The average molecular weight is 233 g/mol. The summed E-state index contributed by atoms with van der Waals surface area (Å²) in [5.41, 5.74) is 1.82. The van der Waals surface area contributed by atoms with Crippen LogP contribution in [0.3, 0.4) is 0 Å². The Morgan fingerprint density at radius 3 is 2.71 bits per heavy atom. The maximum Gasteiger partial charge on any atom is 0.167 e. The largest absolute Gasteiger partial charge is 0.497 e. The van der Waals surface area contributed by atoms with Crippen molar-refractivity contribution in [2.24, 2.45) is 11.8 Å². The molecule has 92 valence electrons. The van der Waals surface area contributed by atoms with E-state index in [-0.39, 0.29) is 11.7 Å². The Morgan fingerprint density at radius 2 is 2.18 bits per heavy atom. The van der Waals surface area contributed by atoms with Crippen LogP contribution in [-0.4, -0.2) is 26.0 Å². The third-order valence-corrected chi connectivity index (χ3v) is 3.55. The highest BCUT2D eigenvalue weighted by Gasteiger charge is 2.30. The van der Waals surface area contributed by atoms with Gasteiger partial charge in [0.05, 0.1) is 7.11 Å². The van der Waals surface area contributed by atoms with Crippen molar-refractivity contribution in [2.75, 3.05) is 20.2 Å². The van der Waals surface area contributed by atoms with Crippen molar-refractivity contribution in [2.45, 2.75) is 13.8 Å². The molecule has 2 unspecified atom stereocenters. The zero-order chi connectivity index (χ0) is 12.4. The van der Waals surface area contributed by atoms with Crippen molar-refractivity contribution in [1.29, 1.82) is 0 Å². The van der Waals surface area contributed by atoms with Gasteiger partial charge in [-0.15, -0.1) is 0 Å². The molecule has 3 heteroatoms. The summed E-state index contributed by atoms with van der Waals surface area (Å²) in [6.07, 6.45) is 0. The lowest BCUT2D eigenvalue weighted by atomic mass is 9.88. The number of Topliss-reactive ketones (excluding diaryl/α,β-unsaturated/α-hetero) is 1. The Bertz CT molecular complexity index is 428. The number of ketones is 1. The lowest BCUT2D eigenvalue weighted by Gasteiger charge is -2.15. The van der Waals surface area contributed by atoms with Crippen molar-refractivity contribution in [1.82, 2.24) is 5.32 Å². The molecule has 1 aliphatic heterocycles. The molecule has 0 amide bonds. The molecule has 1 aliphatic rings. The maximum atomic E-state index is 12.4. The topological polar surface area (TPSA) is 38.3 Å². The van der Waals surface area contributed by atoms with E-state index in [9.17, 15) is 4.79 Å². The number of benzene rings is 1. The van der Waals surface area contributed by atoms with Crippen LogP contribution in [0.15, 0.2) is 18.2 Å². The Morgan fingerprint density at radius 1 is 1.41 bits per heavy atom. The molecule has 0 bridgehead atoms. The molecule has 0 aliphatic carbocycles. The number of carbonyl (C=O) groups is 1. The number of methoxy groups -OCH3 is 1. The molecule has 1 saturated heterocycles. The lowest BCUT2D eigenvalue weighted by Crippen LogP contribution is -2.22. The molecular weight excluding hydrogens is 214 g/mol. The van der Waals surface area contributed by atoms with Crippen LogP contribution >= 0.6 is 0 Å². The highest BCUT2D eigenvalue weighted by molar-refractivity contribution is 5.99. The van der Waals surface area contributed by atoms with E-state index in [4.69, 9.17) is 4.74 Å². The number of ether oxygens (including phenoxy) is 1. The highest BCUT2D eigenvalue weighted by atomic mass is 16.5. The Balaban J connectivity index is 2.25. The summed E-state index contributed by atoms with van der Waals surface area (Å²) in [5.74, 6) is 1.59. The van der Waals surface area contributed by atoms with Crippen LogP contribution in [0.5, 0.6) is 5.75 Å². The van der Waals surface area contributed by atoms with Crippen LogP contribution in [-0.2, 0) is 0 Å². The normalized spacial score (nSPS) is 23.7. The smallest absolute Gasteiger partial charge is 0.167 e. The second-order valence-corrected chi connectivity index (χ2v) is 4.79. The van der Waals surface area contributed by atoms with Crippen LogP contribution < -0.4 is 10.1 Å². The standard InChI is InChI=1S/C14H19NO2/c1-9-6-11(17-3)4-5-12(9)14(16)13-8-15-7-10(13)2/h4-6,10,13,15H,7-8H2,1-3H3. The van der Waals surface area contributed by atoms with Crippen molar-refractivity contribution in [3.05, 3.63) is 29.3 Å².